The van der Waals surface area contributed by atoms with E-state index in [1.165, 1.54) is 37.0 Å². The molecule has 1 saturated carbocycles. The molecule has 1 aromatic rings. The van der Waals surface area contributed by atoms with E-state index in [9.17, 15) is 4.79 Å². The van der Waals surface area contributed by atoms with Crippen molar-refractivity contribution in [2.24, 2.45) is 0 Å². The lowest BCUT2D eigenvalue weighted by Crippen LogP contribution is -2.44. The second-order valence-electron chi connectivity index (χ2n) is 5.66. The molecule has 2 rings (SSSR count). The fourth-order valence-electron chi connectivity index (χ4n) is 3.03. The third kappa shape index (κ3) is 4.32. The molecule has 20 heavy (non-hydrogen) atoms. The molecule has 1 heterocycles. The van der Waals surface area contributed by atoms with E-state index in [-0.39, 0.29) is 11.9 Å². The second kappa shape index (κ2) is 7.79. The first kappa shape index (κ1) is 15.5. The summed E-state index contributed by atoms with van der Waals surface area (Å²) in [6, 6.07) is 4.83. The molecule has 1 aliphatic rings. The van der Waals surface area contributed by atoms with E-state index in [2.05, 4.69) is 35.5 Å². The van der Waals surface area contributed by atoms with Gasteiger partial charge in [0.15, 0.2) is 0 Å². The van der Waals surface area contributed by atoms with Gasteiger partial charge in [-0.25, -0.2) is 0 Å². The monoisotopic (exact) mass is 294 g/mol. The largest absolute Gasteiger partial charge is 0.348 e. The van der Waals surface area contributed by atoms with Crippen LogP contribution in [0.3, 0.4) is 0 Å². The number of nitrogens with one attached hydrogen (secondary N) is 1. The summed E-state index contributed by atoms with van der Waals surface area (Å²) in [6.07, 6.45) is 6.49. The minimum Gasteiger partial charge on any atom is -0.348 e. The molecule has 1 aromatic heterocycles. The number of amides is 1. The van der Waals surface area contributed by atoms with Gasteiger partial charge in [-0.1, -0.05) is 32.3 Å². The fourth-order valence-corrected chi connectivity index (χ4v) is 3.76. The van der Waals surface area contributed by atoms with E-state index in [1.807, 2.05) is 6.07 Å². The topological polar surface area (TPSA) is 32.3 Å². The Bertz CT molecular complexity index is 399. The third-order valence-electron chi connectivity index (χ3n) is 4.19. The highest BCUT2D eigenvalue weighted by atomic mass is 32.1. The predicted octanol–water partition coefficient (Wildman–Crippen LogP) is 3.58. The summed E-state index contributed by atoms with van der Waals surface area (Å²) in [5.74, 6) is 0.151. The molecule has 4 heteroatoms. The third-order valence-corrected chi connectivity index (χ3v) is 5.25. The molecule has 1 atom stereocenters. The van der Waals surface area contributed by atoms with Crippen LogP contribution < -0.4 is 5.32 Å². The van der Waals surface area contributed by atoms with Crippen LogP contribution >= 0.6 is 11.3 Å². The number of likely N-dealkylation sites (N-methyl/N-ethyl adjacent to an activating group) is 1. The molecule has 0 spiro atoms. The maximum Gasteiger partial charge on any atom is 0.234 e. The zero-order valence-corrected chi connectivity index (χ0v) is 13.4. The number of rotatable bonds is 6. The number of thiophene rings is 1. The lowest BCUT2D eigenvalue weighted by Gasteiger charge is -2.33. The molecule has 1 N–H and O–H groups in total. The Balaban J connectivity index is 1.82. The van der Waals surface area contributed by atoms with Crippen LogP contribution in [0.2, 0.25) is 0 Å². The molecule has 1 unspecified atom stereocenters. The lowest BCUT2D eigenvalue weighted by molar-refractivity contribution is -0.123. The highest BCUT2D eigenvalue weighted by Gasteiger charge is 2.22. The van der Waals surface area contributed by atoms with Crippen molar-refractivity contribution in [3.05, 3.63) is 22.4 Å². The summed E-state index contributed by atoms with van der Waals surface area (Å²) in [5.41, 5.74) is 0. The molecular formula is C16H26N2OS. The molecule has 0 radical (unpaired) electrons. The van der Waals surface area contributed by atoms with E-state index in [1.54, 1.807) is 11.3 Å². The zero-order valence-electron chi connectivity index (χ0n) is 12.6. The summed E-state index contributed by atoms with van der Waals surface area (Å²) in [7, 11) is 0. The van der Waals surface area contributed by atoms with Gasteiger partial charge in [-0.3, -0.25) is 9.69 Å². The number of carbonyl (C=O) groups is 1. The van der Waals surface area contributed by atoms with Crippen molar-refractivity contribution in [1.82, 2.24) is 10.2 Å². The fraction of sp³-hybridized carbons (Fsp3) is 0.688. The molecule has 0 bridgehead atoms. The molecule has 1 fully saturated rings. The van der Waals surface area contributed by atoms with E-state index >= 15 is 0 Å². The minimum atomic E-state index is 0.118. The summed E-state index contributed by atoms with van der Waals surface area (Å²) in [4.78, 5) is 15.8. The Morgan fingerprint density at radius 3 is 2.80 bits per heavy atom. The van der Waals surface area contributed by atoms with Crippen molar-refractivity contribution in [2.75, 3.05) is 13.1 Å². The van der Waals surface area contributed by atoms with Gasteiger partial charge in [0.05, 0.1) is 12.6 Å². The van der Waals surface area contributed by atoms with Gasteiger partial charge in [0.2, 0.25) is 5.91 Å². The number of hydrogen-bond donors (Lipinski definition) is 1. The summed E-state index contributed by atoms with van der Waals surface area (Å²) in [5, 5.41) is 5.17. The van der Waals surface area contributed by atoms with E-state index < -0.39 is 0 Å². The Morgan fingerprint density at radius 1 is 1.45 bits per heavy atom. The quantitative estimate of drug-likeness (QED) is 0.869. The van der Waals surface area contributed by atoms with Crippen LogP contribution in [0.15, 0.2) is 17.5 Å². The predicted molar refractivity (Wildman–Crippen MR) is 85.0 cm³/mol. The normalized spacial score (nSPS) is 18.1. The van der Waals surface area contributed by atoms with Gasteiger partial charge >= 0.3 is 0 Å². The van der Waals surface area contributed by atoms with Crippen LogP contribution in [0.1, 0.15) is 56.9 Å². The van der Waals surface area contributed by atoms with E-state index in [0.29, 0.717) is 12.6 Å². The van der Waals surface area contributed by atoms with Crippen molar-refractivity contribution in [3.8, 4) is 0 Å². The molecule has 1 aliphatic carbocycles. The van der Waals surface area contributed by atoms with Crippen LogP contribution in [0.4, 0.5) is 0 Å². The smallest absolute Gasteiger partial charge is 0.234 e. The number of carbonyl (C=O) groups excluding carboxylic acids is 1. The Labute approximate surface area is 126 Å². The molecule has 1 amide bonds. The standard InChI is InChI=1S/C16H26N2OS/c1-3-18(14-8-5-4-6-9-14)12-16(19)17-13(2)15-10-7-11-20-15/h7,10-11,13-14H,3-6,8-9,12H2,1-2H3,(H,17,19). The SMILES string of the molecule is CCN(CC(=O)NC(C)c1cccs1)C1CCCCC1. The van der Waals surface area contributed by atoms with Crippen LogP contribution in [0.5, 0.6) is 0 Å². The van der Waals surface area contributed by atoms with Crippen LogP contribution in [0.25, 0.3) is 0 Å². The van der Waals surface area contributed by atoms with Gasteiger partial charge in [0, 0.05) is 10.9 Å². The summed E-state index contributed by atoms with van der Waals surface area (Å²) in [6.45, 7) is 5.72. The average molecular weight is 294 g/mol. The van der Waals surface area contributed by atoms with E-state index in [4.69, 9.17) is 0 Å². The zero-order chi connectivity index (χ0) is 14.4. The van der Waals surface area contributed by atoms with Gasteiger partial charge in [0.1, 0.15) is 0 Å². The minimum absolute atomic E-state index is 0.118. The highest BCUT2D eigenvalue weighted by molar-refractivity contribution is 7.10. The van der Waals surface area contributed by atoms with Crippen LogP contribution in [-0.4, -0.2) is 29.9 Å². The molecule has 112 valence electrons. The van der Waals surface area contributed by atoms with E-state index in [0.717, 1.165) is 6.54 Å². The first-order valence-electron chi connectivity index (χ1n) is 7.77. The summed E-state index contributed by atoms with van der Waals surface area (Å²) < 4.78 is 0. The van der Waals surface area contributed by atoms with Gasteiger partial charge in [-0.2, -0.15) is 0 Å². The van der Waals surface area contributed by atoms with Crippen molar-refractivity contribution in [2.45, 2.75) is 58.0 Å². The van der Waals surface area contributed by atoms with Gasteiger partial charge < -0.3 is 5.32 Å². The maximum absolute atomic E-state index is 12.2. The Hall–Kier alpha value is -0.870. The van der Waals surface area contributed by atoms with Gasteiger partial charge in [-0.05, 0) is 37.8 Å². The van der Waals surface area contributed by atoms with Gasteiger partial charge in [0.25, 0.3) is 0 Å². The Morgan fingerprint density at radius 2 is 2.20 bits per heavy atom. The van der Waals surface area contributed by atoms with Crippen molar-refractivity contribution >= 4 is 17.2 Å². The molecule has 0 aromatic carbocycles. The molecular weight excluding hydrogens is 268 g/mol. The summed E-state index contributed by atoms with van der Waals surface area (Å²) >= 11 is 1.70. The molecule has 3 nitrogen and oxygen atoms in total. The molecule has 0 aliphatic heterocycles. The number of nitrogens with zero attached hydrogens (tertiary/aromatic N) is 1. The van der Waals surface area contributed by atoms with Crippen molar-refractivity contribution in [3.63, 3.8) is 0 Å². The first-order chi connectivity index (χ1) is 9.70. The van der Waals surface area contributed by atoms with Crippen LogP contribution in [-0.2, 0) is 4.79 Å². The second-order valence-corrected chi connectivity index (χ2v) is 6.64. The Kier molecular flexibility index (Phi) is 6.05. The van der Waals surface area contributed by atoms with Crippen molar-refractivity contribution in [1.29, 1.82) is 0 Å². The maximum atomic E-state index is 12.2. The lowest BCUT2D eigenvalue weighted by atomic mass is 9.94. The number of hydrogen-bond acceptors (Lipinski definition) is 3. The van der Waals surface area contributed by atoms with Crippen molar-refractivity contribution < 1.29 is 4.79 Å². The average Bonchev–Trinajstić information content (AvgIpc) is 3.00. The first-order valence-corrected chi connectivity index (χ1v) is 8.65. The van der Waals surface area contributed by atoms with Gasteiger partial charge in [-0.15, -0.1) is 11.3 Å². The highest BCUT2D eigenvalue weighted by Crippen LogP contribution is 2.22. The van der Waals surface area contributed by atoms with Crippen LogP contribution in [0, 0.1) is 0 Å². The molecule has 0 saturated heterocycles.